The van der Waals surface area contributed by atoms with Crippen LogP contribution in [-0.4, -0.2) is 16.4 Å². The van der Waals surface area contributed by atoms with Gasteiger partial charge in [0, 0.05) is 10.6 Å². The molecule has 3 aromatic rings. The van der Waals surface area contributed by atoms with Crippen molar-refractivity contribution in [3.05, 3.63) is 55.2 Å². The fraction of sp³-hybridized carbons (Fsp3) is 0.211. The summed E-state index contributed by atoms with van der Waals surface area (Å²) in [6.07, 6.45) is 3.81. The number of carbonyl (C=O) groups excluding carboxylic acids is 2. The molecule has 0 spiro atoms. The number of nitrogen functional groups attached to an aromatic ring is 1. The lowest BCUT2D eigenvalue weighted by atomic mass is 9.95. The molecular weight excluding hydrogens is 412 g/mol. The third-order valence-electron chi connectivity index (χ3n) is 4.71. The molecule has 0 saturated heterocycles. The van der Waals surface area contributed by atoms with Gasteiger partial charge in [-0.2, -0.15) is 0 Å². The Morgan fingerprint density at radius 1 is 1.11 bits per heavy atom. The van der Waals surface area contributed by atoms with Crippen molar-refractivity contribution in [3.8, 4) is 5.69 Å². The summed E-state index contributed by atoms with van der Waals surface area (Å²) in [7, 11) is 0. The molecule has 1 aromatic carbocycles. The van der Waals surface area contributed by atoms with Gasteiger partial charge < -0.3 is 16.8 Å². The molecule has 0 atom stereocenters. The number of amides is 2. The Morgan fingerprint density at radius 2 is 1.82 bits per heavy atom. The number of aryl methyl sites for hydroxylation is 1. The predicted octanol–water partition coefficient (Wildman–Crippen LogP) is 4.14. The van der Waals surface area contributed by atoms with E-state index in [0.29, 0.717) is 19.4 Å². The average molecular weight is 431 g/mol. The minimum absolute atomic E-state index is 0.278. The van der Waals surface area contributed by atoms with Crippen LogP contribution in [0.5, 0.6) is 0 Å². The smallest absolute Gasteiger partial charge is 0.270 e. The third kappa shape index (κ3) is 3.25. The highest BCUT2D eigenvalue weighted by Crippen LogP contribution is 2.38. The maximum Gasteiger partial charge on any atom is 0.270 e. The Hall–Kier alpha value is -2.49. The van der Waals surface area contributed by atoms with Crippen molar-refractivity contribution >= 4 is 57.5 Å². The maximum atomic E-state index is 12.9. The minimum atomic E-state index is -0.517. The minimum Gasteiger partial charge on any atom is -0.383 e. The second-order valence-electron chi connectivity index (χ2n) is 6.49. The van der Waals surface area contributed by atoms with E-state index >= 15 is 0 Å². The molecule has 9 heteroatoms. The molecular formula is C19H18N4O2S3. The number of nitrogens with zero attached hydrogens (tertiary/aromatic N) is 1. The van der Waals surface area contributed by atoms with Gasteiger partial charge in [-0.3, -0.25) is 14.2 Å². The maximum absolute atomic E-state index is 12.9. The average Bonchev–Trinajstić information content (AvgIpc) is 3.19. The molecule has 1 aliphatic rings. The van der Waals surface area contributed by atoms with E-state index in [1.165, 1.54) is 11.3 Å². The van der Waals surface area contributed by atoms with Crippen molar-refractivity contribution in [2.75, 3.05) is 11.1 Å². The molecule has 0 aliphatic heterocycles. The van der Waals surface area contributed by atoms with Gasteiger partial charge in [0.05, 0.1) is 5.56 Å². The highest BCUT2D eigenvalue weighted by Gasteiger charge is 2.26. The SMILES string of the molecule is NC(=O)c1c(NC(=O)c2sc(=S)n(-c3ccccc3)c2N)sc2c1CCCC2. The Balaban J connectivity index is 1.70. The van der Waals surface area contributed by atoms with Crippen molar-refractivity contribution in [3.63, 3.8) is 0 Å². The van der Waals surface area contributed by atoms with E-state index in [-0.39, 0.29) is 11.7 Å². The number of thiophene rings is 1. The lowest BCUT2D eigenvalue weighted by Crippen LogP contribution is -2.18. The van der Waals surface area contributed by atoms with Crippen LogP contribution < -0.4 is 16.8 Å². The first-order chi connectivity index (χ1) is 13.5. The number of hydrogen-bond acceptors (Lipinski definition) is 6. The summed E-state index contributed by atoms with van der Waals surface area (Å²) < 4.78 is 2.15. The van der Waals surface area contributed by atoms with Gasteiger partial charge in [0.2, 0.25) is 0 Å². The van der Waals surface area contributed by atoms with Crippen molar-refractivity contribution in [1.82, 2.24) is 4.57 Å². The fourth-order valence-electron chi connectivity index (χ4n) is 3.44. The lowest BCUT2D eigenvalue weighted by molar-refractivity contribution is 0.100. The van der Waals surface area contributed by atoms with Gasteiger partial charge in [-0.05, 0) is 55.6 Å². The Morgan fingerprint density at radius 3 is 2.54 bits per heavy atom. The van der Waals surface area contributed by atoms with E-state index in [1.807, 2.05) is 30.3 Å². The first kappa shape index (κ1) is 18.9. The van der Waals surface area contributed by atoms with Gasteiger partial charge in [-0.25, -0.2) is 0 Å². The van der Waals surface area contributed by atoms with Crippen LogP contribution in [-0.2, 0) is 12.8 Å². The zero-order valence-corrected chi connectivity index (χ0v) is 17.3. The van der Waals surface area contributed by atoms with Gasteiger partial charge in [-0.15, -0.1) is 11.3 Å². The zero-order valence-electron chi connectivity index (χ0n) is 14.9. The van der Waals surface area contributed by atoms with E-state index in [0.717, 1.165) is 53.1 Å². The second-order valence-corrected chi connectivity index (χ2v) is 9.24. The van der Waals surface area contributed by atoms with E-state index in [4.69, 9.17) is 23.7 Å². The molecule has 28 heavy (non-hydrogen) atoms. The van der Waals surface area contributed by atoms with E-state index in [9.17, 15) is 9.59 Å². The quantitative estimate of drug-likeness (QED) is 0.541. The van der Waals surface area contributed by atoms with Gasteiger partial charge in [0.25, 0.3) is 11.8 Å². The largest absolute Gasteiger partial charge is 0.383 e. The summed E-state index contributed by atoms with van der Waals surface area (Å²) in [5.74, 6) is -0.623. The third-order valence-corrected chi connectivity index (χ3v) is 7.31. The molecule has 5 N–H and O–H groups in total. The van der Waals surface area contributed by atoms with Crippen LogP contribution in [0.3, 0.4) is 0 Å². The number of nitrogens with one attached hydrogen (secondary N) is 1. The summed E-state index contributed by atoms with van der Waals surface area (Å²) in [6, 6.07) is 9.40. The molecule has 6 nitrogen and oxygen atoms in total. The summed E-state index contributed by atoms with van der Waals surface area (Å²) in [6.45, 7) is 0. The second kappa shape index (κ2) is 7.50. The number of rotatable bonds is 4. The van der Waals surface area contributed by atoms with Crippen molar-refractivity contribution in [1.29, 1.82) is 0 Å². The van der Waals surface area contributed by atoms with E-state index < -0.39 is 5.91 Å². The Labute approximate surface area is 174 Å². The number of para-hydroxylation sites is 1. The molecule has 2 aromatic heterocycles. The standard InChI is InChI=1S/C19H18N4O2S3/c20-15-14(28-19(26)23(15)10-6-2-1-3-7-10)17(25)22-18-13(16(21)24)11-8-4-5-9-12(11)27-18/h1-3,6-7H,4-5,8-9,20H2,(H2,21,24)(H,22,25). The van der Waals surface area contributed by atoms with Crippen LogP contribution in [0.15, 0.2) is 30.3 Å². The zero-order chi connectivity index (χ0) is 19.8. The first-order valence-corrected chi connectivity index (χ1v) is 10.8. The van der Waals surface area contributed by atoms with Crippen LogP contribution in [0.1, 0.15) is 43.3 Å². The van der Waals surface area contributed by atoms with Gasteiger partial charge >= 0.3 is 0 Å². The molecule has 0 unspecified atom stereocenters. The molecule has 0 radical (unpaired) electrons. The van der Waals surface area contributed by atoms with Crippen molar-refractivity contribution in [2.24, 2.45) is 5.73 Å². The predicted molar refractivity (Wildman–Crippen MR) is 116 cm³/mol. The molecule has 0 bridgehead atoms. The molecule has 144 valence electrons. The highest BCUT2D eigenvalue weighted by atomic mass is 32.1. The topological polar surface area (TPSA) is 103 Å². The molecule has 4 rings (SSSR count). The fourth-order valence-corrected chi connectivity index (χ4v) is 6.00. The molecule has 2 amide bonds. The summed E-state index contributed by atoms with van der Waals surface area (Å²) in [5, 5.41) is 3.34. The van der Waals surface area contributed by atoms with Crippen LogP contribution in [0, 0.1) is 3.95 Å². The van der Waals surface area contributed by atoms with E-state index in [1.54, 1.807) is 4.57 Å². The monoisotopic (exact) mass is 430 g/mol. The number of carbonyl (C=O) groups is 2. The number of fused-ring (bicyclic) bond motifs is 1. The van der Waals surface area contributed by atoms with Crippen molar-refractivity contribution in [2.45, 2.75) is 25.7 Å². The number of aromatic nitrogens is 1. The number of anilines is 2. The molecule has 0 fully saturated rings. The van der Waals surface area contributed by atoms with Crippen LogP contribution in [0.2, 0.25) is 0 Å². The van der Waals surface area contributed by atoms with Gasteiger partial charge in [0.15, 0.2) is 3.95 Å². The number of hydrogen-bond donors (Lipinski definition) is 3. The normalized spacial score (nSPS) is 13.1. The van der Waals surface area contributed by atoms with Crippen LogP contribution >= 0.6 is 34.9 Å². The van der Waals surface area contributed by atoms with E-state index in [2.05, 4.69) is 5.32 Å². The lowest BCUT2D eigenvalue weighted by Gasteiger charge is -2.11. The van der Waals surface area contributed by atoms with Crippen molar-refractivity contribution < 1.29 is 9.59 Å². The molecule has 1 aliphatic carbocycles. The molecule has 0 saturated carbocycles. The first-order valence-electron chi connectivity index (χ1n) is 8.79. The molecule has 2 heterocycles. The Bertz CT molecular complexity index is 1130. The highest BCUT2D eigenvalue weighted by molar-refractivity contribution is 7.73. The van der Waals surface area contributed by atoms with Gasteiger partial charge in [-0.1, -0.05) is 29.5 Å². The number of primary amides is 1. The Kier molecular flexibility index (Phi) is 5.05. The summed E-state index contributed by atoms with van der Waals surface area (Å²) in [4.78, 5) is 26.4. The summed E-state index contributed by atoms with van der Waals surface area (Å²) >= 11 is 7.98. The summed E-state index contributed by atoms with van der Waals surface area (Å²) in [5.41, 5.74) is 14.0. The number of nitrogens with two attached hydrogens (primary N) is 2. The van der Waals surface area contributed by atoms with Gasteiger partial charge in [0.1, 0.15) is 15.7 Å². The number of benzene rings is 1. The number of thiazole rings is 1. The van der Waals surface area contributed by atoms with Crippen LogP contribution in [0.4, 0.5) is 10.8 Å². The van der Waals surface area contributed by atoms with Crippen LogP contribution in [0.25, 0.3) is 5.69 Å².